The van der Waals surface area contributed by atoms with E-state index < -0.39 is 0 Å². The summed E-state index contributed by atoms with van der Waals surface area (Å²) in [4.78, 5) is 16.7. The molecular weight excluding hydrogens is 290 g/mol. The van der Waals surface area contributed by atoms with E-state index in [-0.39, 0.29) is 17.9 Å². The number of ether oxygens (including phenoxy) is 1. The van der Waals surface area contributed by atoms with E-state index in [2.05, 4.69) is 17.0 Å². The smallest absolute Gasteiger partial charge is 0.239 e. The Kier molecular flexibility index (Phi) is 6.42. The van der Waals surface area contributed by atoms with Gasteiger partial charge in [0.05, 0.1) is 13.2 Å². The Balaban J connectivity index is 1.89. The summed E-state index contributed by atoms with van der Waals surface area (Å²) in [6.45, 7) is 8.36. The van der Waals surface area contributed by atoms with Crippen LogP contribution in [0.1, 0.15) is 25.8 Å². The van der Waals surface area contributed by atoms with E-state index in [4.69, 9.17) is 10.5 Å². The summed E-state index contributed by atoms with van der Waals surface area (Å²) in [5.41, 5.74) is 7.28. The van der Waals surface area contributed by atoms with Gasteiger partial charge in [-0.1, -0.05) is 26.0 Å². The van der Waals surface area contributed by atoms with Gasteiger partial charge >= 0.3 is 0 Å². The zero-order chi connectivity index (χ0) is 16.8. The highest BCUT2D eigenvalue weighted by molar-refractivity contribution is 5.81. The lowest BCUT2D eigenvalue weighted by atomic mass is 10.0. The molecule has 1 atom stereocenters. The minimum atomic E-state index is -0.386. The van der Waals surface area contributed by atoms with E-state index in [0.29, 0.717) is 0 Å². The Bertz CT molecular complexity index is 501. The maximum atomic E-state index is 12.4. The molecule has 23 heavy (non-hydrogen) atoms. The third-order valence-electron chi connectivity index (χ3n) is 4.47. The largest absolute Gasteiger partial charge is 0.497 e. The van der Waals surface area contributed by atoms with Crippen molar-refractivity contribution in [2.45, 2.75) is 32.9 Å². The van der Waals surface area contributed by atoms with Crippen LogP contribution in [0.15, 0.2) is 24.3 Å². The van der Waals surface area contributed by atoms with Crippen LogP contribution in [0.2, 0.25) is 0 Å². The van der Waals surface area contributed by atoms with Crippen molar-refractivity contribution >= 4 is 5.91 Å². The minimum Gasteiger partial charge on any atom is -0.497 e. The molecule has 0 spiro atoms. The molecule has 1 saturated heterocycles. The number of carbonyl (C=O) groups is 1. The number of methoxy groups -OCH3 is 1. The topological polar surface area (TPSA) is 58.8 Å². The average Bonchev–Trinajstić information content (AvgIpc) is 2.79. The molecule has 1 aliphatic heterocycles. The molecule has 0 bridgehead atoms. The Hall–Kier alpha value is -1.59. The second-order valence-corrected chi connectivity index (χ2v) is 6.57. The lowest BCUT2D eigenvalue weighted by Gasteiger charge is -2.26. The van der Waals surface area contributed by atoms with Crippen LogP contribution < -0.4 is 10.5 Å². The molecule has 0 saturated carbocycles. The highest BCUT2D eigenvalue weighted by Crippen LogP contribution is 2.15. The van der Waals surface area contributed by atoms with Crippen LogP contribution in [0.4, 0.5) is 0 Å². The van der Waals surface area contributed by atoms with Crippen molar-refractivity contribution in [3.05, 3.63) is 29.8 Å². The first-order chi connectivity index (χ1) is 11.0. The SMILES string of the molecule is COc1ccc(CN2CCCN(C(=O)[C@@H](N)C(C)C)CC2)cc1. The molecule has 5 heteroatoms. The van der Waals surface area contributed by atoms with Gasteiger partial charge in [-0.05, 0) is 30.0 Å². The molecule has 2 N–H and O–H groups in total. The number of nitrogens with zero attached hydrogens (tertiary/aromatic N) is 2. The number of hydrogen-bond acceptors (Lipinski definition) is 4. The molecule has 0 aromatic heterocycles. The lowest BCUT2D eigenvalue weighted by Crippen LogP contribution is -2.47. The first-order valence-electron chi connectivity index (χ1n) is 8.41. The van der Waals surface area contributed by atoms with Crippen molar-refractivity contribution in [1.82, 2.24) is 9.80 Å². The Morgan fingerprint density at radius 3 is 2.48 bits per heavy atom. The second kappa shape index (κ2) is 8.31. The van der Waals surface area contributed by atoms with Gasteiger partial charge in [0.1, 0.15) is 5.75 Å². The van der Waals surface area contributed by atoms with Gasteiger partial charge in [-0.25, -0.2) is 0 Å². The average molecular weight is 319 g/mol. The Morgan fingerprint density at radius 1 is 1.17 bits per heavy atom. The summed E-state index contributed by atoms with van der Waals surface area (Å²) in [6.07, 6.45) is 0.993. The van der Waals surface area contributed by atoms with Gasteiger partial charge in [0.25, 0.3) is 0 Å². The number of carbonyl (C=O) groups excluding carboxylic acids is 1. The van der Waals surface area contributed by atoms with Gasteiger partial charge in [0.15, 0.2) is 0 Å². The summed E-state index contributed by atoms with van der Waals surface area (Å²) in [5, 5.41) is 0. The molecule has 1 heterocycles. The number of amides is 1. The van der Waals surface area contributed by atoms with Crippen molar-refractivity contribution in [1.29, 1.82) is 0 Å². The van der Waals surface area contributed by atoms with Gasteiger partial charge in [0, 0.05) is 32.7 Å². The van der Waals surface area contributed by atoms with E-state index in [1.54, 1.807) is 7.11 Å². The molecule has 1 fully saturated rings. The molecule has 0 unspecified atom stereocenters. The summed E-state index contributed by atoms with van der Waals surface area (Å²) in [6, 6.07) is 7.79. The quantitative estimate of drug-likeness (QED) is 0.898. The molecule has 0 radical (unpaired) electrons. The third-order valence-corrected chi connectivity index (χ3v) is 4.47. The maximum absolute atomic E-state index is 12.4. The van der Waals surface area contributed by atoms with Crippen molar-refractivity contribution in [2.24, 2.45) is 11.7 Å². The molecule has 1 amide bonds. The molecule has 128 valence electrons. The fraction of sp³-hybridized carbons (Fsp3) is 0.611. The molecule has 0 aliphatic carbocycles. The van der Waals surface area contributed by atoms with Gasteiger partial charge < -0.3 is 15.4 Å². The van der Waals surface area contributed by atoms with Crippen molar-refractivity contribution < 1.29 is 9.53 Å². The Labute approximate surface area is 139 Å². The van der Waals surface area contributed by atoms with Crippen LogP contribution in [0.5, 0.6) is 5.75 Å². The van der Waals surface area contributed by atoms with E-state index in [0.717, 1.165) is 44.9 Å². The fourth-order valence-electron chi connectivity index (χ4n) is 2.83. The maximum Gasteiger partial charge on any atom is 0.239 e. The normalized spacial score (nSPS) is 17.9. The van der Waals surface area contributed by atoms with E-state index in [1.165, 1.54) is 5.56 Å². The van der Waals surface area contributed by atoms with Crippen molar-refractivity contribution in [3.8, 4) is 5.75 Å². The standard InChI is InChI=1S/C18H29N3O2/c1-14(2)17(19)18(22)21-10-4-9-20(11-12-21)13-15-5-7-16(23-3)8-6-15/h5-8,14,17H,4,9-13,19H2,1-3H3/t17-/m0/s1. The number of benzene rings is 1. The highest BCUT2D eigenvalue weighted by Gasteiger charge is 2.25. The third kappa shape index (κ3) is 4.94. The molecule has 1 aromatic rings. The summed E-state index contributed by atoms with van der Waals surface area (Å²) < 4.78 is 5.19. The first-order valence-corrected chi connectivity index (χ1v) is 8.41. The number of rotatable bonds is 5. The number of hydrogen-bond donors (Lipinski definition) is 1. The van der Waals surface area contributed by atoms with Crippen molar-refractivity contribution in [2.75, 3.05) is 33.3 Å². The monoisotopic (exact) mass is 319 g/mol. The highest BCUT2D eigenvalue weighted by atomic mass is 16.5. The molecule has 1 aliphatic rings. The van der Waals surface area contributed by atoms with Gasteiger partial charge in [-0.2, -0.15) is 0 Å². The van der Waals surface area contributed by atoms with Crippen LogP contribution >= 0.6 is 0 Å². The predicted octanol–water partition coefficient (Wildman–Crippen LogP) is 1.71. The number of nitrogens with two attached hydrogens (primary N) is 1. The van der Waals surface area contributed by atoms with Crippen LogP contribution in [-0.2, 0) is 11.3 Å². The first kappa shape index (κ1) is 17.8. The zero-order valence-corrected chi connectivity index (χ0v) is 14.5. The van der Waals surface area contributed by atoms with Crippen LogP contribution in [0, 0.1) is 5.92 Å². The van der Waals surface area contributed by atoms with Gasteiger partial charge in [-0.15, -0.1) is 0 Å². The minimum absolute atomic E-state index is 0.0892. The summed E-state index contributed by atoms with van der Waals surface area (Å²) in [5.74, 6) is 1.15. The van der Waals surface area contributed by atoms with E-state index in [1.807, 2.05) is 30.9 Å². The van der Waals surface area contributed by atoms with Crippen LogP contribution in [0.3, 0.4) is 0 Å². The second-order valence-electron chi connectivity index (χ2n) is 6.57. The van der Waals surface area contributed by atoms with Gasteiger partial charge in [0.2, 0.25) is 5.91 Å². The van der Waals surface area contributed by atoms with E-state index in [9.17, 15) is 4.79 Å². The summed E-state index contributed by atoms with van der Waals surface area (Å²) >= 11 is 0. The molecule has 1 aromatic carbocycles. The lowest BCUT2D eigenvalue weighted by molar-refractivity contribution is -0.133. The summed E-state index contributed by atoms with van der Waals surface area (Å²) in [7, 11) is 1.68. The predicted molar refractivity (Wildman–Crippen MR) is 92.3 cm³/mol. The van der Waals surface area contributed by atoms with E-state index >= 15 is 0 Å². The van der Waals surface area contributed by atoms with Crippen molar-refractivity contribution in [3.63, 3.8) is 0 Å². The van der Waals surface area contributed by atoms with Crippen LogP contribution in [0.25, 0.3) is 0 Å². The molecular formula is C18H29N3O2. The zero-order valence-electron chi connectivity index (χ0n) is 14.5. The molecule has 2 rings (SSSR count). The molecule has 5 nitrogen and oxygen atoms in total. The van der Waals surface area contributed by atoms with Gasteiger partial charge in [-0.3, -0.25) is 9.69 Å². The Morgan fingerprint density at radius 2 is 1.87 bits per heavy atom. The van der Waals surface area contributed by atoms with Crippen LogP contribution in [-0.4, -0.2) is 55.0 Å². The fourth-order valence-corrected chi connectivity index (χ4v) is 2.83.